The van der Waals surface area contributed by atoms with Gasteiger partial charge in [0, 0.05) is 30.3 Å². The SMILES string of the molecule is Cl.O=c1[nH]nc(-c2ccc(C(F)(F)F)c(NC[C@@H]3CCNC[C@H]3F)c2)o1. The molecule has 0 aliphatic carbocycles. The molecule has 2 heterocycles. The first kappa shape index (κ1) is 20.2. The van der Waals surface area contributed by atoms with E-state index in [1.54, 1.807) is 0 Å². The maximum Gasteiger partial charge on any atom is 0.434 e. The summed E-state index contributed by atoms with van der Waals surface area (Å²) in [4.78, 5) is 11.0. The van der Waals surface area contributed by atoms with E-state index in [-0.39, 0.29) is 48.6 Å². The number of aromatic amines is 1. The van der Waals surface area contributed by atoms with Crippen molar-refractivity contribution in [2.45, 2.75) is 18.8 Å². The lowest BCUT2D eigenvalue weighted by atomic mass is 9.96. The van der Waals surface area contributed by atoms with Crippen LogP contribution in [0, 0.1) is 5.92 Å². The molecule has 1 aromatic carbocycles. The first-order valence-corrected chi connectivity index (χ1v) is 7.70. The van der Waals surface area contributed by atoms with Crippen molar-refractivity contribution in [2.75, 3.05) is 25.0 Å². The van der Waals surface area contributed by atoms with Gasteiger partial charge in [0.05, 0.1) is 5.56 Å². The highest BCUT2D eigenvalue weighted by molar-refractivity contribution is 5.85. The van der Waals surface area contributed by atoms with E-state index in [0.29, 0.717) is 13.0 Å². The van der Waals surface area contributed by atoms with E-state index in [0.717, 1.165) is 12.1 Å². The molecule has 1 aliphatic heterocycles. The lowest BCUT2D eigenvalue weighted by Crippen LogP contribution is -2.41. The number of benzene rings is 1. The van der Waals surface area contributed by atoms with E-state index in [2.05, 4.69) is 15.7 Å². The molecule has 1 aromatic heterocycles. The van der Waals surface area contributed by atoms with Crippen molar-refractivity contribution in [3.63, 3.8) is 0 Å². The Kier molecular flexibility index (Phi) is 6.30. The maximum absolute atomic E-state index is 13.8. The van der Waals surface area contributed by atoms with Gasteiger partial charge in [-0.25, -0.2) is 14.3 Å². The van der Waals surface area contributed by atoms with Crippen molar-refractivity contribution in [2.24, 2.45) is 5.92 Å². The molecule has 11 heteroatoms. The summed E-state index contributed by atoms with van der Waals surface area (Å²) in [5.74, 6) is -1.30. The fourth-order valence-corrected chi connectivity index (χ4v) is 2.77. The number of aromatic nitrogens is 2. The van der Waals surface area contributed by atoms with E-state index in [1.165, 1.54) is 6.07 Å². The Bertz CT molecular complexity index is 792. The highest BCUT2D eigenvalue weighted by atomic mass is 35.5. The molecule has 1 fully saturated rings. The summed E-state index contributed by atoms with van der Waals surface area (Å²) in [6, 6.07) is 3.23. The van der Waals surface area contributed by atoms with Crippen molar-refractivity contribution < 1.29 is 22.0 Å². The Morgan fingerprint density at radius 3 is 2.73 bits per heavy atom. The molecule has 1 aliphatic rings. The van der Waals surface area contributed by atoms with Crippen LogP contribution in [0.1, 0.15) is 12.0 Å². The number of hydrogen-bond donors (Lipinski definition) is 3. The second-order valence-electron chi connectivity index (χ2n) is 5.83. The number of piperidine rings is 1. The summed E-state index contributed by atoms with van der Waals surface area (Å²) in [5, 5.41) is 11.2. The number of anilines is 1. The number of alkyl halides is 4. The molecule has 2 aromatic rings. The zero-order valence-electron chi connectivity index (χ0n) is 13.4. The smallest absolute Gasteiger partial charge is 0.388 e. The van der Waals surface area contributed by atoms with Crippen molar-refractivity contribution >= 4 is 18.1 Å². The van der Waals surface area contributed by atoms with Gasteiger partial charge in [0.15, 0.2) is 0 Å². The van der Waals surface area contributed by atoms with E-state index in [1.807, 2.05) is 5.10 Å². The number of nitrogens with one attached hydrogen (secondary N) is 3. The lowest BCUT2D eigenvalue weighted by molar-refractivity contribution is -0.136. The molecule has 0 saturated carbocycles. The Morgan fingerprint density at radius 2 is 2.12 bits per heavy atom. The first-order valence-electron chi connectivity index (χ1n) is 7.70. The van der Waals surface area contributed by atoms with E-state index >= 15 is 0 Å². The molecule has 0 radical (unpaired) electrons. The second-order valence-corrected chi connectivity index (χ2v) is 5.83. The first-order chi connectivity index (χ1) is 11.8. The van der Waals surface area contributed by atoms with Crippen LogP contribution in [-0.4, -0.2) is 36.0 Å². The molecular weight excluding hydrogens is 380 g/mol. The number of H-pyrrole nitrogens is 1. The monoisotopic (exact) mass is 396 g/mol. The number of rotatable bonds is 4. The quantitative estimate of drug-likeness (QED) is 0.692. The standard InChI is InChI=1S/C15H16F4N4O2.ClH/c16-11-7-20-4-3-9(11)6-21-12-5-8(13-22-23-14(24)25-13)1-2-10(12)15(17,18)19;/h1-2,5,9,11,20-21H,3-4,6-7H2,(H,23,24);1H/t9-,11+;/m0./s1. The van der Waals surface area contributed by atoms with Gasteiger partial charge in [-0.05, 0) is 31.2 Å². The Balaban J connectivity index is 0.00000243. The Labute approximate surface area is 151 Å². The van der Waals surface area contributed by atoms with E-state index in [4.69, 9.17) is 4.42 Å². The number of nitrogens with zero attached hydrogens (tertiary/aromatic N) is 1. The van der Waals surface area contributed by atoms with Crippen LogP contribution >= 0.6 is 12.4 Å². The van der Waals surface area contributed by atoms with Gasteiger partial charge < -0.3 is 15.1 Å². The van der Waals surface area contributed by atoms with Crippen molar-refractivity contribution in [1.29, 1.82) is 0 Å². The molecule has 2 atom stereocenters. The third kappa shape index (κ3) is 4.55. The van der Waals surface area contributed by atoms with Crippen LogP contribution in [0.2, 0.25) is 0 Å². The summed E-state index contributed by atoms with van der Waals surface area (Å²) in [7, 11) is 0. The Hall–Kier alpha value is -2.07. The summed E-state index contributed by atoms with van der Waals surface area (Å²) >= 11 is 0. The molecule has 1 saturated heterocycles. The molecule has 0 unspecified atom stereocenters. The van der Waals surface area contributed by atoms with Crippen LogP contribution in [-0.2, 0) is 6.18 Å². The van der Waals surface area contributed by atoms with Gasteiger partial charge in [-0.15, -0.1) is 17.5 Å². The summed E-state index contributed by atoms with van der Waals surface area (Å²) in [5.41, 5.74) is -0.879. The fourth-order valence-electron chi connectivity index (χ4n) is 2.77. The second kappa shape index (κ2) is 8.09. The minimum absolute atomic E-state index is 0. The number of hydrogen-bond acceptors (Lipinski definition) is 5. The molecule has 6 nitrogen and oxygen atoms in total. The van der Waals surface area contributed by atoms with Gasteiger partial charge in [-0.1, -0.05) is 0 Å². The molecule has 0 spiro atoms. The molecule has 26 heavy (non-hydrogen) atoms. The molecule has 0 amide bonds. The molecule has 3 rings (SSSR count). The maximum atomic E-state index is 13.8. The molecule has 144 valence electrons. The minimum atomic E-state index is -4.57. The van der Waals surface area contributed by atoms with Crippen LogP contribution in [0.15, 0.2) is 27.4 Å². The zero-order valence-corrected chi connectivity index (χ0v) is 14.2. The van der Waals surface area contributed by atoms with E-state index < -0.39 is 23.7 Å². The predicted molar refractivity (Wildman–Crippen MR) is 89.2 cm³/mol. The zero-order chi connectivity index (χ0) is 18.0. The van der Waals surface area contributed by atoms with Crippen molar-refractivity contribution in [3.8, 4) is 11.5 Å². The van der Waals surface area contributed by atoms with Gasteiger partial charge in [-0.2, -0.15) is 13.2 Å². The number of halogens is 5. The molecule has 0 bridgehead atoms. The summed E-state index contributed by atoms with van der Waals surface area (Å²) < 4.78 is 58.2. The van der Waals surface area contributed by atoms with Crippen LogP contribution in [0.4, 0.5) is 23.2 Å². The van der Waals surface area contributed by atoms with Gasteiger partial charge >= 0.3 is 11.9 Å². The van der Waals surface area contributed by atoms with Crippen molar-refractivity contribution in [1.82, 2.24) is 15.5 Å². The van der Waals surface area contributed by atoms with Crippen LogP contribution in [0.25, 0.3) is 11.5 Å². The summed E-state index contributed by atoms with van der Waals surface area (Å²) in [6.07, 6.45) is -5.16. The average molecular weight is 397 g/mol. The van der Waals surface area contributed by atoms with Crippen molar-refractivity contribution in [3.05, 3.63) is 34.3 Å². The fraction of sp³-hybridized carbons (Fsp3) is 0.467. The summed E-state index contributed by atoms with van der Waals surface area (Å²) in [6.45, 7) is 0.883. The van der Waals surface area contributed by atoms with Gasteiger partial charge in [0.2, 0.25) is 5.89 Å². The lowest BCUT2D eigenvalue weighted by Gasteiger charge is -2.27. The topological polar surface area (TPSA) is 83.0 Å². The molecule has 3 N–H and O–H groups in total. The third-order valence-corrected chi connectivity index (χ3v) is 4.11. The van der Waals surface area contributed by atoms with Gasteiger partial charge in [0.1, 0.15) is 6.17 Å². The predicted octanol–water partition coefficient (Wildman–Crippen LogP) is 2.83. The van der Waals surface area contributed by atoms with Gasteiger partial charge in [0.25, 0.3) is 0 Å². The van der Waals surface area contributed by atoms with E-state index in [9.17, 15) is 22.4 Å². The highest BCUT2D eigenvalue weighted by Crippen LogP contribution is 2.37. The normalized spacial score (nSPS) is 20.5. The largest absolute Gasteiger partial charge is 0.434 e. The van der Waals surface area contributed by atoms with Crippen LogP contribution in [0.3, 0.4) is 0 Å². The minimum Gasteiger partial charge on any atom is -0.388 e. The average Bonchev–Trinajstić information content (AvgIpc) is 2.99. The van der Waals surface area contributed by atoms with Crippen LogP contribution < -0.4 is 16.4 Å². The Morgan fingerprint density at radius 1 is 1.35 bits per heavy atom. The molecular formula is C15H17ClF4N4O2. The highest BCUT2D eigenvalue weighted by Gasteiger charge is 2.34. The van der Waals surface area contributed by atoms with Gasteiger partial charge in [-0.3, -0.25) is 0 Å². The van der Waals surface area contributed by atoms with Crippen LogP contribution in [0.5, 0.6) is 0 Å². The third-order valence-electron chi connectivity index (χ3n) is 4.11.